The predicted molar refractivity (Wildman–Crippen MR) is 112 cm³/mol. The van der Waals surface area contributed by atoms with Crippen LogP contribution in [0.4, 0.5) is 5.82 Å². The van der Waals surface area contributed by atoms with E-state index < -0.39 is 0 Å². The molecule has 8 heteroatoms. The molecule has 1 fully saturated rings. The number of H-pyrrole nitrogens is 1. The number of likely N-dealkylation sites (tertiary alicyclic amines) is 1. The molecule has 1 saturated heterocycles. The number of anilines is 1. The lowest BCUT2D eigenvalue weighted by atomic mass is 9.93. The minimum absolute atomic E-state index is 0.00658. The van der Waals surface area contributed by atoms with Crippen molar-refractivity contribution in [3.05, 3.63) is 10.5 Å². The normalized spacial score (nSPS) is 17.5. The van der Waals surface area contributed by atoms with Crippen molar-refractivity contribution in [2.24, 2.45) is 5.92 Å². The van der Waals surface area contributed by atoms with Gasteiger partial charge in [0.1, 0.15) is 5.52 Å². The van der Waals surface area contributed by atoms with E-state index in [0.717, 1.165) is 32.4 Å². The van der Waals surface area contributed by atoms with Gasteiger partial charge in [0.05, 0.1) is 6.10 Å². The van der Waals surface area contributed by atoms with Crippen molar-refractivity contribution in [3.8, 4) is 6.01 Å². The highest BCUT2D eigenvalue weighted by Gasteiger charge is 2.22. The quantitative estimate of drug-likeness (QED) is 0.718. The summed E-state index contributed by atoms with van der Waals surface area (Å²) in [6.45, 7) is 11.5. The molecule has 1 aliphatic heterocycles. The summed E-state index contributed by atoms with van der Waals surface area (Å²) in [4.78, 5) is 26.5. The molecular weight excluding hydrogens is 356 g/mol. The van der Waals surface area contributed by atoms with E-state index in [4.69, 9.17) is 10.5 Å². The first kappa shape index (κ1) is 20.6. The summed E-state index contributed by atoms with van der Waals surface area (Å²) in [5.74, 6) is 0.885. The second-order valence-corrected chi connectivity index (χ2v) is 8.25. The third-order valence-corrected chi connectivity index (χ3v) is 5.77. The summed E-state index contributed by atoms with van der Waals surface area (Å²) < 4.78 is 7.48. The number of piperidine rings is 1. The number of nitrogen functional groups attached to an aromatic ring is 1. The van der Waals surface area contributed by atoms with Crippen molar-refractivity contribution in [3.63, 3.8) is 0 Å². The van der Waals surface area contributed by atoms with E-state index in [9.17, 15) is 4.79 Å². The fraction of sp³-hybridized carbons (Fsp3) is 0.750. The molecule has 1 atom stereocenters. The van der Waals surface area contributed by atoms with Gasteiger partial charge in [0, 0.05) is 12.6 Å². The van der Waals surface area contributed by atoms with Crippen molar-refractivity contribution < 1.29 is 4.74 Å². The number of hydrogen-bond acceptors (Lipinski definition) is 6. The fourth-order valence-corrected chi connectivity index (χ4v) is 4.01. The van der Waals surface area contributed by atoms with E-state index in [1.165, 1.54) is 12.8 Å². The number of hydrogen-bond donors (Lipinski definition) is 2. The van der Waals surface area contributed by atoms with Gasteiger partial charge < -0.3 is 20.4 Å². The van der Waals surface area contributed by atoms with Gasteiger partial charge in [0.25, 0.3) is 0 Å². The second kappa shape index (κ2) is 8.94. The molecule has 1 aliphatic rings. The Hall–Kier alpha value is -2.09. The van der Waals surface area contributed by atoms with Gasteiger partial charge >= 0.3 is 11.7 Å². The van der Waals surface area contributed by atoms with Crippen LogP contribution >= 0.6 is 0 Å². The Morgan fingerprint density at radius 3 is 2.61 bits per heavy atom. The van der Waals surface area contributed by atoms with Crippen LogP contribution in [0.3, 0.4) is 0 Å². The number of nitrogens with zero attached hydrogens (tertiary/aromatic N) is 4. The lowest BCUT2D eigenvalue weighted by molar-refractivity contribution is 0.143. The third kappa shape index (κ3) is 4.66. The number of ether oxygens (including phenoxy) is 1. The third-order valence-electron chi connectivity index (χ3n) is 5.77. The molecule has 2 aromatic heterocycles. The lowest BCUT2D eigenvalue weighted by Crippen LogP contribution is -2.38. The summed E-state index contributed by atoms with van der Waals surface area (Å²) in [5.41, 5.74) is 6.90. The lowest BCUT2D eigenvalue weighted by Gasteiger charge is -2.34. The number of aromatic nitrogens is 4. The van der Waals surface area contributed by atoms with E-state index >= 15 is 0 Å². The van der Waals surface area contributed by atoms with Crippen LogP contribution in [0.5, 0.6) is 6.01 Å². The molecule has 28 heavy (non-hydrogen) atoms. The van der Waals surface area contributed by atoms with Crippen molar-refractivity contribution in [2.45, 2.75) is 78.5 Å². The van der Waals surface area contributed by atoms with E-state index in [1.54, 1.807) is 4.57 Å². The minimum Gasteiger partial charge on any atom is -0.460 e. The maximum Gasteiger partial charge on any atom is 0.327 e. The smallest absolute Gasteiger partial charge is 0.327 e. The predicted octanol–water partition coefficient (Wildman–Crippen LogP) is 2.78. The molecule has 0 unspecified atom stereocenters. The zero-order chi connectivity index (χ0) is 20.3. The van der Waals surface area contributed by atoms with Gasteiger partial charge in [-0.1, -0.05) is 13.3 Å². The van der Waals surface area contributed by atoms with Crippen LogP contribution in [0, 0.1) is 5.92 Å². The van der Waals surface area contributed by atoms with Crippen molar-refractivity contribution in [1.82, 2.24) is 24.4 Å². The monoisotopic (exact) mass is 390 g/mol. The number of imidazole rings is 1. The van der Waals surface area contributed by atoms with Crippen molar-refractivity contribution >= 4 is 17.0 Å². The molecule has 156 valence electrons. The number of nitrogens with two attached hydrogens (primary N) is 1. The van der Waals surface area contributed by atoms with Gasteiger partial charge in [0.2, 0.25) is 0 Å². The van der Waals surface area contributed by atoms with Gasteiger partial charge in [-0.2, -0.15) is 9.97 Å². The molecule has 3 rings (SSSR count). The average Bonchev–Trinajstić information content (AvgIpc) is 2.96. The Balaban J connectivity index is 1.73. The first-order valence-electron chi connectivity index (χ1n) is 10.6. The number of aromatic amines is 1. The zero-order valence-electron chi connectivity index (χ0n) is 17.6. The maximum absolute atomic E-state index is 12.5. The van der Waals surface area contributed by atoms with Crippen LogP contribution in [0.1, 0.15) is 59.8 Å². The van der Waals surface area contributed by atoms with Crippen LogP contribution in [0.15, 0.2) is 4.79 Å². The molecule has 0 radical (unpaired) electrons. The highest BCUT2D eigenvalue weighted by atomic mass is 16.5. The molecule has 0 spiro atoms. The molecule has 0 saturated carbocycles. The van der Waals surface area contributed by atoms with Crippen LogP contribution in [-0.2, 0) is 6.54 Å². The molecule has 0 amide bonds. The number of rotatable bonds is 8. The van der Waals surface area contributed by atoms with E-state index in [-0.39, 0.29) is 23.6 Å². The topological polar surface area (TPSA) is 102 Å². The Bertz CT molecular complexity index is 835. The summed E-state index contributed by atoms with van der Waals surface area (Å²) in [6.07, 6.45) is 5.25. The summed E-state index contributed by atoms with van der Waals surface area (Å²) in [6, 6.07) is 0.842. The van der Waals surface area contributed by atoms with Gasteiger partial charge in [-0.3, -0.25) is 4.57 Å². The standard InChI is InChI=1S/C20H34N6O2/c1-5-6-14(4)28-19-23-17(21)16-18(24-19)26(20(27)22-16)12-9-15-7-10-25(11-8-15)13(2)3/h13-15H,5-12H2,1-4H3,(H,22,27)(H2,21,23,24)/t14-/m0/s1. The summed E-state index contributed by atoms with van der Waals surface area (Å²) in [7, 11) is 0. The van der Waals surface area contributed by atoms with Crippen molar-refractivity contribution in [2.75, 3.05) is 18.8 Å². The number of aryl methyl sites for hydroxylation is 1. The Kier molecular flexibility index (Phi) is 6.59. The highest BCUT2D eigenvalue weighted by Crippen LogP contribution is 2.24. The second-order valence-electron chi connectivity index (χ2n) is 8.25. The highest BCUT2D eigenvalue weighted by molar-refractivity contribution is 5.81. The molecular formula is C20H34N6O2. The van der Waals surface area contributed by atoms with Crippen LogP contribution < -0.4 is 16.2 Å². The molecule has 3 N–H and O–H groups in total. The minimum atomic E-state index is -0.186. The average molecular weight is 391 g/mol. The van der Waals surface area contributed by atoms with Gasteiger partial charge in [-0.25, -0.2) is 4.79 Å². The van der Waals surface area contributed by atoms with E-state index in [0.29, 0.717) is 29.7 Å². The Morgan fingerprint density at radius 2 is 1.96 bits per heavy atom. The van der Waals surface area contributed by atoms with Crippen LogP contribution in [0.2, 0.25) is 0 Å². The largest absolute Gasteiger partial charge is 0.460 e. The summed E-state index contributed by atoms with van der Waals surface area (Å²) >= 11 is 0. The fourth-order valence-electron chi connectivity index (χ4n) is 4.01. The summed E-state index contributed by atoms with van der Waals surface area (Å²) in [5, 5.41) is 0. The first-order valence-corrected chi connectivity index (χ1v) is 10.6. The number of nitrogens with one attached hydrogen (secondary N) is 1. The molecule has 2 aromatic rings. The maximum atomic E-state index is 12.5. The first-order chi connectivity index (χ1) is 13.4. The van der Waals surface area contributed by atoms with Gasteiger partial charge in [-0.15, -0.1) is 0 Å². The zero-order valence-corrected chi connectivity index (χ0v) is 17.6. The Labute approximate surface area is 166 Å². The molecule has 8 nitrogen and oxygen atoms in total. The van der Waals surface area contributed by atoms with E-state index in [2.05, 4.69) is 40.6 Å². The van der Waals surface area contributed by atoms with E-state index in [1.807, 2.05) is 6.92 Å². The van der Waals surface area contributed by atoms with Gasteiger partial charge in [0.15, 0.2) is 11.5 Å². The SMILES string of the molecule is CCC[C@H](C)Oc1nc(N)c2[nH]c(=O)n(CCC3CCN(C(C)C)CC3)c2n1. The molecule has 3 heterocycles. The van der Waals surface area contributed by atoms with Crippen LogP contribution in [-0.4, -0.2) is 49.7 Å². The Morgan fingerprint density at radius 1 is 1.25 bits per heavy atom. The molecule has 0 aromatic carbocycles. The molecule has 0 bridgehead atoms. The molecule has 0 aliphatic carbocycles. The van der Waals surface area contributed by atoms with Crippen molar-refractivity contribution in [1.29, 1.82) is 0 Å². The van der Waals surface area contributed by atoms with Gasteiger partial charge in [-0.05, 0) is 65.5 Å². The van der Waals surface area contributed by atoms with Crippen LogP contribution in [0.25, 0.3) is 11.2 Å². The number of fused-ring (bicyclic) bond motifs is 1.